The largest absolute Gasteiger partial charge is 0.508 e. The van der Waals surface area contributed by atoms with Gasteiger partial charge in [0.1, 0.15) is 23.4 Å². The Morgan fingerprint density at radius 3 is 1.97 bits per heavy atom. The van der Waals surface area contributed by atoms with Gasteiger partial charge >= 0.3 is 6.09 Å². The molecule has 0 heterocycles. The number of carbonyl (C=O) groups excluding carboxylic acids is 4. The third-order valence-electron chi connectivity index (χ3n) is 4.44. The zero-order chi connectivity index (χ0) is 26.4. The second-order valence-electron chi connectivity index (χ2n) is 10.4. The molecule has 0 fully saturated rings. The van der Waals surface area contributed by atoms with E-state index in [1.165, 1.54) is 29.2 Å². The van der Waals surface area contributed by atoms with Gasteiger partial charge in [-0.05, 0) is 73.1 Å². The minimum absolute atomic E-state index is 0.000602. The number of nitrogens with zero attached hydrogens (tertiary/aromatic N) is 1. The number of hydrogen-bond acceptors (Lipinski definition) is 6. The number of alkyl carbamates (subject to hydrolysis) is 1. The molecular formula is C24H38N4O6. The molecular weight excluding hydrogens is 440 g/mol. The van der Waals surface area contributed by atoms with Crippen molar-refractivity contribution < 1.29 is 29.0 Å². The lowest BCUT2D eigenvalue weighted by molar-refractivity contribution is -0.146. The normalized spacial score (nSPS) is 13.6. The molecule has 0 aliphatic carbocycles. The summed E-state index contributed by atoms with van der Waals surface area (Å²) >= 11 is 0. The van der Waals surface area contributed by atoms with Gasteiger partial charge in [0.05, 0.1) is 6.42 Å². The number of carbonyl (C=O) groups is 4. The number of ether oxygens (including phenoxy) is 1. The highest BCUT2D eigenvalue weighted by atomic mass is 16.6. The molecule has 0 radical (unpaired) electrons. The first-order valence-electron chi connectivity index (χ1n) is 11.1. The highest BCUT2D eigenvalue weighted by Gasteiger charge is 2.39. The van der Waals surface area contributed by atoms with Crippen molar-refractivity contribution in [1.29, 1.82) is 0 Å². The summed E-state index contributed by atoms with van der Waals surface area (Å²) in [6.45, 7) is 13.8. The van der Waals surface area contributed by atoms with Gasteiger partial charge in [0.15, 0.2) is 0 Å². The Labute approximate surface area is 201 Å². The number of hydrogen-bond donors (Lipinski definition) is 4. The third kappa shape index (κ3) is 9.29. The van der Waals surface area contributed by atoms with Gasteiger partial charge < -0.3 is 31.1 Å². The molecule has 10 nitrogen and oxygen atoms in total. The van der Waals surface area contributed by atoms with Crippen LogP contribution < -0.4 is 16.4 Å². The summed E-state index contributed by atoms with van der Waals surface area (Å²) < 4.78 is 5.23. The van der Waals surface area contributed by atoms with Crippen LogP contribution in [0, 0.1) is 0 Å². The maximum absolute atomic E-state index is 13.7. The van der Waals surface area contributed by atoms with Crippen molar-refractivity contribution in [2.75, 3.05) is 0 Å². The van der Waals surface area contributed by atoms with Crippen LogP contribution in [0.15, 0.2) is 24.3 Å². The molecule has 0 bridgehead atoms. The first-order valence-corrected chi connectivity index (χ1v) is 11.1. The van der Waals surface area contributed by atoms with Gasteiger partial charge in [-0.1, -0.05) is 12.1 Å². The molecule has 0 saturated heterocycles. The van der Waals surface area contributed by atoms with Crippen LogP contribution in [-0.4, -0.2) is 57.0 Å². The molecule has 0 aliphatic heterocycles. The van der Waals surface area contributed by atoms with Crippen LogP contribution in [0.3, 0.4) is 0 Å². The summed E-state index contributed by atoms with van der Waals surface area (Å²) in [7, 11) is 0. The molecule has 1 rings (SSSR count). The quantitative estimate of drug-likeness (QED) is 0.450. The summed E-state index contributed by atoms with van der Waals surface area (Å²) in [6.07, 6.45) is -1.37. The number of nitrogens with two attached hydrogens (primary N) is 1. The van der Waals surface area contributed by atoms with Gasteiger partial charge in [-0.15, -0.1) is 0 Å². The van der Waals surface area contributed by atoms with Crippen LogP contribution in [-0.2, 0) is 19.1 Å². The molecule has 0 spiro atoms. The topological polar surface area (TPSA) is 151 Å². The molecule has 2 unspecified atom stereocenters. The van der Waals surface area contributed by atoms with Gasteiger partial charge in [0.2, 0.25) is 17.7 Å². The average Bonchev–Trinajstić information content (AvgIpc) is 2.62. The van der Waals surface area contributed by atoms with Gasteiger partial charge in [-0.25, -0.2) is 4.79 Å². The Bertz CT molecular complexity index is 884. The van der Waals surface area contributed by atoms with E-state index in [-0.39, 0.29) is 5.75 Å². The second kappa shape index (κ2) is 11.2. The summed E-state index contributed by atoms with van der Waals surface area (Å²) in [6, 6.07) is 2.93. The molecule has 2 atom stereocenters. The van der Waals surface area contributed by atoms with Crippen LogP contribution >= 0.6 is 0 Å². The molecule has 0 saturated carbocycles. The first kappa shape index (κ1) is 28.7. The summed E-state index contributed by atoms with van der Waals surface area (Å²) in [5.41, 5.74) is 4.36. The van der Waals surface area contributed by atoms with Crippen molar-refractivity contribution >= 4 is 23.8 Å². The fourth-order valence-electron chi connectivity index (χ4n) is 3.24. The lowest BCUT2D eigenvalue weighted by Gasteiger charge is -2.38. The Morgan fingerprint density at radius 2 is 1.56 bits per heavy atom. The van der Waals surface area contributed by atoms with E-state index in [1.807, 2.05) is 0 Å². The van der Waals surface area contributed by atoms with Gasteiger partial charge in [-0.2, -0.15) is 0 Å². The molecule has 0 aromatic heterocycles. The molecule has 1 aromatic rings. The van der Waals surface area contributed by atoms with Crippen molar-refractivity contribution in [2.45, 2.75) is 91.1 Å². The highest BCUT2D eigenvalue weighted by molar-refractivity contribution is 5.94. The van der Waals surface area contributed by atoms with E-state index in [0.717, 1.165) is 0 Å². The number of phenols is 1. The van der Waals surface area contributed by atoms with Crippen molar-refractivity contribution in [2.24, 2.45) is 5.73 Å². The number of nitrogens with one attached hydrogen (secondary N) is 2. The average molecular weight is 479 g/mol. The van der Waals surface area contributed by atoms with E-state index in [0.29, 0.717) is 5.56 Å². The van der Waals surface area contributed by atoms with Crippen LogP contribution in [0.25, 0.3) is 0 Å². The van der Waals surface area contributed by atoms with Crippen molar-refractivity contribution in [3.63, 3.8) is 0 Å². The van der Waals surface area contributed by atoms with Gasteiger partial charge in [0.25, 0.3) is 0 Å². The van der Waals surface area contributed by atoms with Crippen molar-refractivity contribution in [3.8, 4) is 5.75 Å². The molecule has 10 heteroatoms. The zero-order valence-corrected chi connectivity index (χ0v) is 21.3. The van der Waals surface area contributed by atoms with E-state index in [4.69, 9.17) is 10.5 Å². The van der Waals surface area contributed by atoms with Crippen molar-refractivity contribution in [3.05, 3.63) is 29.8 Å². The Kier molecular flexibility index (Phi) is 9.48. The van der Waals surface area contributed by atoms with Crippen LogP contribution in [0.4, 0.5) is 4.79 Å². The van der Waals surface area contributed by atoms with E-state index >= 15 is 0 Å². The number of primary amides is 1. The smallest absolute Gasteiger partial charge is 0.408 e. The van der Waals surface area contributed by atoms with Crippen LogP contribution in [0.5, 0.6) is 5.75 Å². The minimum atomic E-state index is -1.35. The lowest BCUT2D eigenvalue weighted by atomic mass is 9.98. The molecule has 1 aromatic carbocycles. The predicted octanol–water partition coefficient (Wildman–Crippen LogP) is 2.35. The number of phenolic OH excluding ortho intramolecular Hbond substituents is 1. The Morgan fingerprint density at radius 1 is 1.03 bits per heavy atom. The fourth-order valence-corrected chi connectivity index (χ4v) is 3.24. The van der Waals surface area contributed by atoms with E-state index in [1.54, 1.807) is 55.4 Å². The maximum atomic E-state index is 13.7. The van der Waals surface area contributed by atoms with E-state index < -0.39 is 59.5 Å². The van der Waals surface area contributed by atoms with Crippen LogP contribution in [0.1, 0.15) is 73.4 Å². The van der Waals surface area contributed by atoms with Crippen LogP contribution in [0.2, 0.25) is 0 Å². The second-order valence-corrected chi connectivity index (χ2v) is 10.4. The zero-order valence-electron chi connectivity index (χ0n) is 21.3. The lowest BCUT2D eigenvalue weighted by Crippen LogP contribution is -2.57. The summed E-state index contributed by atoms with van der Waals surface area (Å²) in [5, 5.41) is 15.0. The molecule has 0 aliphatic rings. The SMILES string of the molecule is CC(C)N(C(=O)C(CC(N)=O)NC(=O)OC(C)(C)C)C(C(=O)NC(C)(C)C)c1ccc(O)cc1. The van der Waals surface area contributed by atoms with Crippen molar-refractivity contribution in [1.82, 2.24) is 15.5 Å². The molecule has 5 N–H and O–H groups in total. The first-order chi connectivity index (χ1) is 15.4. The number of rotatable bonds is 8. The third-order valence-corrected chi connectivity index (χ3v) is 4.44. The predicted molar refractivity (Wildman–Crippen MR) is 128 cm³/mol. The highest BCUT2D eigenvalue weighted by Crippen LogP contribution is 2.27. The molecule has 4 amide bonds. The summed E-state index contributed by atoms with van der Waals surface area (Å²) in [4.78, 5) is 52.5. The molecule has 190 valence electrons. The Balaban J connectivity index is 3.48. The standard InChI is InChI=1S/C24H38N4O6/c1-14(2)28(21(32)17(13-18(25)30)26-22(33)34-24(6,7)8)19(20(31)27-23(3,4)5)15-9-11-16(29)12-10-15/h9-12,14,17,19,29H,13H2,1-8H3,(H2,25,30)(H,26,33)(H,27,31). The fraction of sp³-hybridized carbons (Fsp3) is 0.583. The monoisotopic (exact) mass is 478 g/mol. The number of benzene rings is 1. The Hall–Kier alpha value is -3.30. The summed E-state index contributed by atoms with van der Waals surface area (Å²) in [5.74, 6) is -1.95. The van der Waals surface area contributed by atoms with E-state index in [9.17, 15) is 24.3 Å². The maximum Gasteiger partial charge on any atom is 0.408 e. The number of amides is 4. The molecule has 34 heavy (non-hydrogen) atoms. The number of aromatic hydroxyl groups is 1. The minimum Gasteiger partial charge on any atom is -0.508 e. The van der Waals surface area contributed by atoms with E-state index in [2.05, 4.69) is 10.6 Å². The van der Waals surface area contributed by atoms with Gasteiger partial charge in [0, 0.05) is 11.6 Å². The van der Waals surface area contributed by atoms with Gasteiger partial charge in [-0.3, -0.25) is 14.4 Å².